The molecule has 0 N–H and O–H groups in total. The molecule has 1 fully saturated rings. The van der Waals surface area contributed by atoms with E-state index in [0.717, 1.165) is 0 Å². The van der Waals surface area contributed by atoms with Crippen LogP contribution in [0, 0.1) is 5.92 Å². The number of nitrogens with zero attached hydrogens (tertiary/aromatic N) is 1. The Morgan fingerprint density at radius 1 is 0.974 bits per heavy atom. The van der Waals surface area contributed by atoms with Crippen molar-refractivity contribution in [1.29, 1.82) is 0 Å². The van der Waals surface area contributed by atoms with Crippen LogP contribution in [0.1, 0.15) is 94.4 Å². The Morgan fingerprint density at radius 2 is 1.51 bits per heavy atom. The Labute approximate surface area is 230 Å². The minimum Gasteiger partial charge on any atom is -0.458 e. The Hall–Kier alpha value is -2.08. The molecule has 0 aromatic rings. The van der Waals surface area contributed by atoms with Crippen molar-refractivity contribution in [2.24, 2.45) is 5.92 Å². The third kappa shape index (κ3) is 13.7. The third-order valence-electron chi connectivity index (χ3n) is 5.42. The van der Waals surface area contributed by atoms with Crippen LogP contribution in [-0.4, -0.2) is 78.0 Å². The number of carbonyl (C=O) groups excluding carboxylic acids is 3. The van der Waals surface area contributed by atoms with Gasteiger partial charge in [0.2, 0.25) is 0 Å². The number of halogens is 3. The molecule has 4 unspecified atom stereocenters. The van der Waals surface area contributed by atoms with Gasteiger partial charge in [-0.15, -0.1) is 0 Å². The SMILES string of the molecule is CC(C)COC1CCCC(N(C(=O)OC(C)(C)C)C(=O)OC(C)(C)C)C(=O)OC(C)C1OCCCC(F)(F)F. The van der Waals surface area contributed by atoms with E-state index in [9.17, 15) is 27.6 Å². The minimum absolute atomic E-state index is 0.0341. The molecule has 0 saturated carbocycles. The van der Waals surface area contributed by atoms with E-state index >= 15 is 0 Å². The average molecular weight is 570 g/mol. The summed E-state index contributed by atoms with van der Waals surface area (Å²) >= 11 is 0. The highest BCUT2D eigenvalue weighted by atomic mass is 19.4. The van der Waals surface area contributed by atoms with Crippen molar-refractivity contribution in [1.82, 2.24) is 4.90 Å². The summed E-state index contributed by atoms with van der Waals surface area (Å²) in [5.41, 5.74) is -1.92. The van der Waals surface area contributed by atoms with E-state index in [2.05, 4.69) is 0 Å². The van der Waals surface area contributed by atoms with Crippen LogP contribution in [0.5, 0.6) is 0 Å². The summed E-state index contributed by atoms with van der Waals surface area (Å²) in [5.74, 6) is -0.712. The van der Waals surface area contributed by atoms with Crippen molar-refractivity contribution in [3.05, 3.63) is 0 Å². The fraction of sp³-hybridized carbons (Fsp3) is 0.889. The number of rotatable bonds is 8. The lowest BCUT2D eigenvalue weighted by Crippen LogP contribution is -2.53. The standard InChI is InChI=1S/C27H46F3NO8/c1-17(2)16-36-20-13-10-12-19(22(32)37-18(3)21(20)35-15-11-14-27(28,29)30)31(23(33)38-25(4,5)6)24(34)39-26(7,8)9/h17-21H,10-16H2,1-9H3. The van der Waals surface area contributed by atoms with E-state index in [1.165, 1.54) is 0 Å². The molecule has 1 rings (SSSR count). The lowest BCUT2D eigenvalue weighted by atomic mass is 10.0. The van der Waals surface area contributed by atoms with Gasteiger partial charge in [0.25, 0.3) is 0 Å². The van der Waals surface area contributed by atoms with Gasteiger partial charge in [-0.25, -0.2) is 14.4 Å². The smallest absolute Gasteiger partial charge is 0.420 e. The molecule has 0 bridgehead atoms. The zero-order valence-corrected chi connectivity index (χ0v) is 24.7. The summed E-state index contributed by atoms with van der Waals surface area (Å²) in [6, 6.07) is -1.35. The highest BCUT2D eigenvalue weighted by molar-refractivity contribution is 5.94. The summed E-state index contributed by atoms with van der Waals surface area (Å²) in [7, 11) is 0. The fourth-order valence-corrected chi connectivity index (χ4v) is 3.84. The molecule has 4 atom stereocenters. The Balaban J connectivity index is 3.26. The highest BCUT2D eigenvalue weighted by Crippen LogP contribution is 2.27. The summed E-state index contributed by atoms with van der Waals surface area (Å²) in [4.78, 5) is 40.2. The van der Waals surface area contributed by atoms with Gasteiger partial charge in [-0.3, -0.25) is 0 Å². The molecule has 228 valence electrons. The van der Waals surface area contributed by atoms with E-state index in [-0.39, 0.29) is 25.4 Å². The minimum atomic E-state index is -4.31. The molecule has 39 heavy (non-hydrogen) atoms. The Kier molecular flexibility index (Phi) is 13.0. The number of hydrogen-bond donors (Lipinski definition) is 0. The van der Waals surface area contributed by atoms with Gasteiger partial charge in [0.05, 0.1) is 6.10 Å². The van der Waals surface area contributed by atoms with Crippen LogP contribution in [0.2, 0.25) is 0 Å². The molecule has 9 nitrogen and oxygen atoms in total. The molecule has 0 aromatic carbocycles. The Morgan fingerprint density at radius 3 is 1.97 bits per heavy atom. The quantitative estimate of drug-likeness (QED) is 0.188. The van der Waals surface area contributed by atoms with Crippen molar-refractivity contribution in [3.8, 4) is 0 Å². The number of cyclic esters (lactones) is 1. The monoisotopic (exact) mass is 569 g/mol. The van der Waals surface area contributed by atoms with Gasteiger partial charge in [0.15, 0.2) is 0 Å². The molecule has 1 heterocycles. The highest BCUT2D eigenvalue weighted by Gasteiger charge is 2.44. The van der Waals surface area contributed by atoms with Crippen molar-refractivity contribution in [2.75, 3.05) is 13.2 Å². The zero-order chi connectivity index (χ0) is 30.2. The molecular formula is C27H46F3NO8. The normalized spacial score (nSPS) is 23.4. The van der Waals surface area contributed by atoms with Gasteiger partial charge in [-0.2, -0.15) is 18.1 Å². The maximum atomic E-state index is 13.4. The summed E-state index contributed by atoms with van der Waals surface area (Å²) in [6.07, 6.45) is -9.37. The van der Waals surface area contributed by atoms with Gasteiger partial charge in [-0.05, 0) is 80.1 Å². The molecule has 0 aliphatic carbocycles. The van der Waals surface area contributed by atoms with Crippen LogP contribution in [0.15, 0.2) is 0 Å². The largest absolute Gasteiger partial charge is 0.458 e. The van der Waals surface area contributed by atoms with Crippen LogP contribution in [0.25, 0.3) is 0 Å². The molecule has 0 radical (unpaired) electrons. The summed E-state index contributed by atoms with van der Waals surface area (Å²) in [6.45, 7) is 15.3. The lowest BCUT2D eigenvalue weighted by Gasteiger charge is -2.33. The predicted octanol–water partition coefficient (Wildman–Crippen LogP) is 6.41. The average Bonchev–Trinajstić information content (AvgIpc) is 2.76. The van der Waals surface area contributed by atoms with E-state index in [4.69, 9.17) is 23.7 Å². The van der Waals surface area contributed by atoms with Crippen molar-refractivity contribution >= 4 is 18.2 Å². The third-order valence-corrected chi connectivity index (χ3v) is 5.42. The number of imide groups is 1. The van der Waals surface area contributed by atoms with Crippen molar-refractivity contribution in [2.45, 2.75) is 136 Å². The fourth-order valence-electron chi connectivity index (χ4n) is 3.84. The van der Waals surface area contributed by atoms with Gasteiger partial charge < -0.3 is 23.7 Å². The molecule has 0 spiro atoms. The van der Waals surface area contributed by atoms with Gasteiger partial charge in [0.1, 0.15) is 29.5 Å². The molecule has 12 heteroatoms. The van der Waals surface area contributed by atoms with E-state index in [1.54, 1.807) is 48.5 Å². The molecule has 1 saturated heterocycles. The number of carbonyl (C=O) groups is 3. The zero-order valence-electron chi connectivity index (χ0n) is 24.7. The van der Waals surface area contributed by atoms with Crippen LogP contribution in [0.3, 0.4) is 0 Å². The maximum absolute atomic E-state index is 13.4. The van der Waals surface area contributed by atoms with E-state index in [0.29, 0.717) is 24.3 Å². The predicted molar refractivity (Wildman–Crippen MR) is 137 cm³/mol. The molecule has 1 aliphatic heterocycles. The first-order valence-electron chi connectivity index (χ1n) is 13.5. The Bertz CT molecular complexity index is 776. The summed E-state index contributed by atoms with van der Waals surface area (Å²) in [5, 5.41) is 0. The van der Waals surface area contributed by atoms with Crippen LogP contribution in [0.4, 0.5) is 22.8 Å². The number of amides is 2. The van der Waals surface area contributed by atoms with E-state index < -0.39 is 66.3 Å². The van der Waals surface area contributed by atoms with Crippen LogP contribution < -0.4 is 0 Å². The van der Waals surface area contributed by atoms with Gasteiger partial charge in [0, 0.05) is 19.6 Å². The van der Waals surface area contributed by atoms with Crippen molar-refractivity contribution < 1.29 is 51.2 Å². The van der Waals surface area contributed by atoms with Crippen LogP contribution in [-0.2, 0) is 28.5 Å². The van der Waals surface area contributed by atoms with Gasteiger partial charge in [-0.1, -0.05) is 13.8 Å². The van der Waals surface area contributed by atoms with Crippen LogP contribution >= 0.6 is 0 Å². The molecule has 2 amide bonds. The first-order valence-corrected chi connectivity index (χ1v) is 13.5. The summed E-state index contributed by atoms with van der Waals surface area (Å²) < 4.78 is 66.2. The van der Waals surface area contributed by atoms with Gasteiger partial charge >= 0.3 is 24.3 Å². The lowest BCUT2D eigenvalue weighted by molar-refractivity contribution is -0.173. The number of alkyl halides is 3. The van der Waals surface area contributed by atoms with E-state index in [1.807, 2.05) is 13.8 Å². The topological polar surface area (TPSA) is 101 Å². The first-order chi connectivity index (χ1) is 17.7. The number of esters is 1. The molecule has 1 aliphatic rings. The first kappa shape index (κ1) is 34.9. The van der Waals surface area contributed by atoms with Crippen molar-refractivity contribution in [3.63, 3.8) is 0 Å². The maximum Gasteiger partial charge on any atom is 0.420 e. The number of ether oxygens (including phenoxy) is 5. The second-order valence-electron chi connectivity index (χ2n) is 12.2. The molecular weight excluding hydrogens is 523 g/mol. The second kappa shape index (κ2) is 14.5. The second-order valence-corrected chi connectivity index (χ2v) is 12.2. The molecule has 0 aromatic heterocycles. The number of hydrogen-bond acceptors (Lipinski definition) is 8.